The molecular formula is C33H37ClFN3O5S. The van der Waals surface area contributed by atoms with E-state index in [1.807, 2.05) is 35.8 Å². The van der Waals surface area contributed by atoms with Gasteiger partial charge in [-0.15, -0.1) is 11.3 Å². The lowest BCUT2D eigenvalue weighted by Crippen LogP contribution is -2.43. The van der Waals surface area contributed by atoms with Crippen LogP contribution in [0.15, 0.2) is 48.5 Å². The largest absolute Gasteiger partial charge is 0.462 e. The molecule has 0 amide bonds. The Kier molecular flexibility index (Phi) is 8.99. The van der Waals surface area contributed by atoms with E-state index in [2.05, 4.69) is 4.90 Å². The Morgan fingerprint density at radius 1 is 1.23 bits per heavy atom. The maximum Gasteiger partial charge on any atom is 0.348 e. The number of benzene rings is 2. The molecule has 2 aromatic carbocycles. The van der Waals surface area contributed by atoms with Crippen LogP contribution >= 0.6 is 22.9 Å². The van der Waals surface area contributed by atoms with E-state index >= 15 is 4.39 Å². The lowest BCUT2D eigenvalue weighted by Gasteiger charge is -2.44. The quantitative estimate of drug-likeness (QED) is 0.196. The third-order valence-electron chi connectivity index (χ3n) is 8.57. The summed E-state index contributed by atoms with van der Waals surface area (Å²) in [6, 6.07) is 14.2. The highest BCUT2D eigenvalue weighted by molar-refractivity contribution is 7.20. The maximum absolute atomic E-state index is 15.1. The second-order valence-electron chi connectivity index (χ2n) is 11.6. The van der Waals surface area contributed by atoms with Gasteiger partial charge >= 0.3 is 5.97 Å². The second kappa shape index (κ2) is 12.8. The van der Waals surface area contributed by atoms with Gasteiger partial charge in [-0.25, -0.2) is 14.2 Å². The third kappa shape index (κ3) is 6.10. The Hall–Kier alpha value is -3.02. The molecule has 1 saturated heterocycles. The number of thiophene rings is 1. The van der Waals surface area contributed by atoms with Gasteiger partial charge in [0.15, 0.2) is 0 Å². The van der Waals surface area contributed by atoms with Crippen LogP contribution < -0.4 is 4.74 Å². The zero-order valence-electron chi connectivity index (χ0n) is 25.1. The Labute approximate surface area is 265 Å². The number of hydrogen-bond donors (Lipinski definition) is 1. The van der Waals surface area contributed by atoms with Crippen LogP contribution in [0.2, 0.25) is 5.02 Å². The number of para-hydroxylation sites is 1. The van der Waals surface area contributed by atoms with Gasteiger partial charge in [-0.05, 0) is 75.5 Å². The molecular weight excluding hydrogens is 605 g/mol. The third-order valence-corrected chi connectivity index (χ3v) is 9.93. The molecule has 44 heavy (non-hydrogen) atoms. The van der Waals surface area contributed by atoms with Gasteiger partial charge < -0.3 is 23.9 Å². The van der Waals surface area contributed by atoms with Crippen molar-refractivity contribution < 1.29 is 28.5 Å². The number of imidazole rings is 1. The number of hydrogen-bond acceptors (Lipinski definition) is 8. The highest BCUT2D eigenvalue weighted by Gasteiger charge is 2.44. The minimum atomic E-state index is -1.30. The highest BCUT2D eigenvalue weighted by Crippen LogP contribution is 2.49. The molecule has 0 spiro atoms. The van der Waals surface area contributed by atoms with E-state index in [1.54, 1.807) is 32.0 Å². The average molecular weight is 642 g/mol. The van der Waals surface area contributed by atoms with Gasteiger partial charge in [0.1, 0.15) is 32.6 Å². The second-order valence-corrected chi connectivity index (χ2v) is 13.1. The lowest BCUT2D eigenvalue weighted by atomic mass is 9.85. The average Bonchev–Trinajstić information content (AvgIpc) is 3.55. The summed E-state index contributed by atoms with van der Waals surface area (Å²) in [7, 11) is 0. The number of nitrogens with zero attached hydrogens (tertiary/aromatic N) is 3. The summed E-state index contributed by atoms with van der Waals surface area (Å²) < 4.78 is 35.2. The van der Waals surface area contributed by atoms with Crippen LogP contribution in [0, 0.1) is 11.7 Å². The van der Waals surface area contributed by atoms with Crippen molar-refractivity contribution in [2.45, 2.75) is 71.1 Å². The molecule has 1 N–H and O–H groups in total. The number of halogens is 2. The van der Waals surface area contributed by atoms with Gasteiger partial charge in [-0.2, -0.15) is 0 Å². The van der Waals surface area contributed by atoms with Crippen LogP contribution in [0.5, 0.6) is 5.75 Å². The fraction of sp³-hybridized carbons (Fsp3) is 0.455. The highest BCUT2D eigenvalue weighted by atomic mass is 35.5. The van der Waals surface area contributed by atoms with Crippen LogP contribution in [0.25, 0.3) is 10.3 Å². The van der Waals surface area contributed by atoms with Gasteiger partial charge in [0, 0.05) is 17.5 Å². The molecule has 2 aliphatic rings. The first-order chi connectivity index (χ1) is 21.2. The van der Waals surface area contributed by atoms with E-state index in [9.17, 15) is 9.90 Å². The number of fused-ring (bicyclic) bond motifs is 2. The number of aliphatic hydroxyl groups is 1. The van der Waals surface area contributed by atoms with Gasteiger partial charge in [-0.3, -0.25) is 4.90 Å². The topological polar surface area (TPSA) is 86.0 Å². The van der Waals surface area contributed by atoms with Crippen molar-refractivity contribution in [3.05, 3.63) is 81.2 Å². The van der Waals surface area contributed by atoms with Crippen molar-refractivity contribution in [3.63, 3.8) is 0 Å². The number of piperidine rings is 1. The summed E-state index contributed by atoms with van der Waals surface area (Å²) in [5, 5.41) is 10.8. The van der Waals surface area contributed by atoms with E-state index in [-0.39, 0.29) is 18.0 Å². The SMILES string of the molecule is CCOC(=O)c1cc2nc(CN3CCC(C4O[C@](C)(c5ccc(Cl)cc5F)Oc5ccccc54)CC3)n(C[C@@H](O)CC)c2s1. The molecule has 0 aliphatic carbocycles. The zero-order valence-corrected chi connectivity index (χ0v) is 26.7. The Morgan fingerprint density at radius 3 is 2.73 bits per heavy atom. The summed E-state index contributed by atoms with van der Waals surface area (Å²) in [4.78, 5) is 21.0. The fourth-order valence-electron chi connectivity index (χ4n) is 6.20. The Morgan fingerprint density at radius 2 is 2.00 bits per heavy atom. The van der Waals surface area contributed by atoms with E-state index in [0.29, 0.717) is 47.3 Å². The zero-order chi connectivity index (χ0) is 31.0. The molecule has 1 unspecified atom stereocenters. The summed E-state index contributed by atoms with van der Waals surface area (Å²) in [6.07, 6.45) is 1.58. The molecule has 2 aromatic heterocycles. The lowest BCUT2D eigenvalue weighted by molar-refractivity contribution is -0.243. The molecule has 0 saturated carbocycles. The molecule has 3 atom stereocenters. The number of aromatic nitrogens is 2. The standard InChI is InChI=1S/C33H37ClFN3O5S/c1-4-22(39)18-38-29(36-26-17-28(44-31(26)38)32(40)41-5-2)19-37-14-12-20(13-15-37)30-23-8-6-7-9-27(23)42-33(3,43-30)24-11-10-21(34)16-25(24)35/h6-11,16-17,20,22,30,39H,4-5,12-15,18-19H2,1-3H3/t22-,30?,33+/m0/s1. The van der Waals surface area contributed by atoms with Crippen molar-refractivity contribution in [2.75, 3.05) is 19.7 Å². The normalized spacial score (nSPS) is 21.6. The summed E-state index contributed by atoms with van der Waals surface area (Å²) in [5.74, 6) is -0.361. The van der Waals surface area contributed by atoms with Crippen molar-refractivity contribution in [2.24, 2.45) is 5.92 Å². The van der Waals surface area contributed by atoms with Crippen molar-refractivity contribution in [3.8, 4) is 5.75 Å². The van der Waals surface area contributed by atoms with Crippen molar-refractivity contribution in [1.29, 1.82) is 0 Å². The molecule has 8 nitrogen and oxygen atoms in total. The fourth-order valence-corrected chi connectivity index (χ4v) is 7.38. The minimum Gasteiger partial charge on any atom is -0.462 e. The van der Waals surface area contributed by atoms with E-state index < -0.39 is 17.7 Å². The summed E-state index contributed by atoms with van der Waals surface area (Å²) >= 11 is 7.38. The number of likely N-dealkylation sites (tertiary alicyclic amines) is 1. The van der Waals surface area contributed by atoms with Crippen LogP contribution in [0.3, 0.4) is 0 Å². The Balaban J connectivity index is 1.20. The minimum absolute atomic E-state index is 0.197. The number of carbonyl (C=O) groups excluding carboxylic acids is 1. The molecule has 4 heterocycles. The van der Waals surface area contributed by atoms with Gasteiger partial charge in [-0.1, -0.05) is 36.7 Å². The Bertz CT molecular complexity index is 1650. The molecule has 11 heteroatoms. The van der Waals surface area contributed by atoms with Crippen LogP contribution in [0.1, 0.15) is 72.8 Å². The molecule has 6 rings (SSSR count). The van der Waals surface area contributed by atoms with Gasteiger partial charge in [0.05, 0.1) is 37.5 Å². The molecule has 0 radical (unpaired) electrons. The van der Waals surface area contributed by atoms with Gasteiger partial charge in [0.25, 0.3) is 0 Å². The predicted octanol–water partition coefficient (Wildman–Crippen LogP) is 7.07. The summed E-state index contributed by atoms with van der Waals surface area (Å²) in [5.41, 5.74) is 2.03. The molecule has 1 fully saturated rings. The first-order valence-electron chi connectivity index (χ1n) is 15.2. The van der Waals surface area contributed by atoms with Crippen LogP contribution in [-0.2, 0) is 28.4 Å². The predicted molar refractivity (Wildman–Crippen MR) is 168 cm³/mol. The van der Waals surface area contributed by atoms with Crippen molar-refractivity contribution >= 4 is 39.3 Å². The number of rotatable bonds is 9. The van der Waals surface area contributed by atoms with Crippen LogP contribution in [-0.4, -0.2) is 51.3 Å². The molecule has 4 aromatic rings. The van der Waals surface area contributed by atoms with Gasteiger partial charge in [0.2, 0.25) is 5.79 Å². The first kappa shape index (κ1) is 31.0. The maximum atomic E-state index is 15.1. The molecule has 2 aliphatic heterocycles. The molecule has 0 bridgehead atoms. The monoisotopic (exact) mass is 641 g/mol. The number of ether oxygens (including phenoxy) is 3. The summed E-state index contributed by atoms with van der Waals surface area (Å²) in [6.45, 7) is 8.49. The number of esters is 1. The first-order valence-corrected chi connectivity index (χ1v) is 16.4. The number of carbonyl (C=O) groups is 1. The number of aliphatic hydroxyl groups excluding tert-OH is 1. The van der Waals surface area contributed by atoms with E-state index in [4.69, 9.17) is 30.8 Å². The smallest absolute Gasteiger partial charge is 0.348 e. The van der Waals surface area contributed by atoms with E-state index in [0.717, 1.165) is 47.7 Å². The van der Waals surface area contributed by atoms with Crippen molar-refractivity contribution in [1.82, 2.24) is 14.5 Å². The van der Waals surface area contributed by atoms with E-state index in [1.165, 1.54) is 17.4 Å². The molecule has 234 valence electrons. The van der Waals surface area contributed by atoms with Crippen LogP contribution in [0.4, 0.5) is 4.39 Å².